The topological polar surface area (TPSA) is 70.2 Å². The molecule has 0 saturated heterocycles. The number of thiocarbonyl (C=S) groups is 1. The van der Waals surface area contributed by atoms with Gasteiger partial charge in [-0.05, 0) is 67.2 Å². The Hall–Kier alpha value is -3.51. The van der Waals surface area contributed by atoms with Crippen molar-refractivity contribution in [2.24, 2.45) is 5.92 Å². The van der Waals surface area contributed by atoms with E-state index >= 15 is 0 Å². The van der Waals surface area contributed by atoms with E-state index < -0.39 is 0 Å². The van der Waals surface area contributed by atoms with Gasteiger partial charge in [0.2, 0.25) is 5.91 Å². The van der Waals surface area contributed by atoms with Gasteiger partial charge in [0.25, 0.3) is 5.91 Å². The van der Waals surface area contributed by atoms with Gasteiger partial charge in [-0.2, -0.15) is 0 Å². The first-order chi connectivity index (χ1) is 16.7. The molecule has 2 atom stereocenters. The van der Waals surface area contributed by atoms with Gasteiger partial charge in [0, 0.05) is 0 Å². The van der Waals surface area contributed by atoms with E-state index in [4.69, 9.17) is 12.2 Å². The lowest BCUT2D eigenvalue weighted by Gasteiger charge is -2.18. The highest BCUT2D eigenvalue weighted by molar-refractivity contribution is 7.80. The molecule has 0 aliphatic carbocycles. The van der Waals surface area contributed by atoms with E-state index in [0.29, 0.717) is 17.2 Å². The molecule has 0 heterocycles. The molecule has 0 spiro atoms. The van der Waals surface area contributed by atoms with Crippen molar-refractivity contribution in [3.05, 3.63) is 101 Å². The molecule has 0 radical (unpaired) electrons. The molecule has 182 valence electrons. The Balaban J connectivity index is 1.61. The monoisotopic (exact) mass is 487 g/mol. The van der Waals surface area contributed by atoms with Gasteiger partial charge in [-0.3, -0.25) is 9.59 Å². The zero-order valence-corrected chi connectivity index (χ0v) is 21.5. The van der Waals surface area contributed by atoms with Gasteiger partial charge in [-0.1, -0.05) is 80.6 Å². The normalized spacial score (nSPS) is 12.5. The molecule has 35 heavy (non-hydrogen) atoms. The minimum absolute atomic E-state index is 0.148. The van der Waals surface area contributed by atoms with Crippen molar-refractivity contribution in [1.82, 2.24) is 10.6 Å². The van der Waals surface area contributed by atoms with E-state index in [9.17, 15) is 9.59 Å². The average molecular weight is 488 g/mol. The fourth-order valence-electron chi connectivity index (χ4n) is 3.83. The largest absolute Gasteiger partial charge is 0.345 e. The number of carbonyl (C=O) groups excluding carboxylic acids is 2. The van der Waals surface area contributed by atoms with Crippen molar-refractivity contribution in [2.75, 3.05) is 5.32 Å². The van der Waals surface area contributed by atoms with Crippen LogP contribution < -0.4 is 16.0 Å². The van der Waals surface area contributed by atoms with Crippen molar-refractivity contribution < 1.29 is 9.59 Å². The molecule has 5 nitrogen and oxygen atoms in total. The number of carbonyl (C=O) groups is 2. The van der Waals surface area contributed by atoms with Gasteiger partial charge in [0.1, 0.15) is 0 Å². The summed E-state index contributed by atoms with van der Waals surface area (Å²) in [6.07, 6.45) is 1.01. The van der Waals surface area contributed by atoms with Gasteiger partial charge in [-0.25, -0.2) is 0 Å². The van der Waals surface area contributed by atoms with Crippen LogP contribution in [0.15, 0.2) is 78.9 Å². The Bertz CT molecular complexity index is 1160. The summed E-state index contributed by atoms with van der Waals surface area (Å²) in [5, 5.41) is 8.93. The lowest BCUT2D eigenvalue weighted by atomic mass is 9.96. The van der Waals surface area contributed by atoms with Crippen molar-refractivity contribution in [3.8, 4) is 0 Å². The maximum atomic E-state index is 13.0. The summed E-state index contributed by atoms with van der Waals surface area (Å²) >= 11 is 5.39. The molecule has 0 fully saturated rings. The summed E-state index contributed by atoms with van der Waals surface area (Å²) in [5.41, 5.74) is 4.17. The van der Waals surface area contributed by atoms with Gasteiger partial charge in [-0.15, -0.1) is 0 Å². The Morgan fingerprint density at radius 3 is 2.09 bits per heavy atom. The molecule has 0 aromatic heterocycles. The van der Waals surface area contributed by atoms with Crippen LogP contribution in [0.4, 0.5) is 5.69 Å². The van der Waals surface area contributed by atoms with Crippen LogP contribution in [0.5, 0.6) is 0 Å². The first-order valence-corrected chi connectivity index (χ1v) is 12.3. The number of hydrogen-bond acceptors (Lipinski definition) is 3. The van der Waals surface area contributed by atoms with Crippen LogP contribution in [-0.2, 0) is 11.2 Å². The Morgan fingerprint density at radius 1 is 0.800 bits per heavy atom. The number of amides is 2. The molecule has 2 amide bonds. The van der Waals surface area contributed by atoms with Gasteiger partial charge >= 0.3 is 0 Å². The summed E-state index contributed by atoms with van der Waals surface area (Å²) in [6.45, 7) is 8.15. The first kappa shape index (κ1) is 26.1. The number of rotatable bonds is 8. The van der Waals surface area contributed by atoms with E-state index in [1.165, 1.54) is 5.56 Å². The molecule has 0 bridgehead atoms. The molecule has 3 N–H and O–H groups in total. The zero-order valence-electron chi connectivity index (χ0n) is 20.7. The van der Waals surface area contributed by atoms with Crippen molar-refractivity contribution >= 4 is 34.8 Å². The molecular weight excluding hydrogens is 454 g/mol. The third-order valence-corrected chi connectivity index (χ3v) is 6.02. The lowest BCUT2D eigenvalue weighted by Crippen LogP contribution is -2.37. The van der Waals surface area contributed by atoms with E-state index in [0.717, 1.165) is 17.5 Å². The summed E-state index contributed by atoms with van der Waals surface area (Å²) in [5.74, 6) is -0.225. The molecule has 2 unspecified atom stereocenters. The quantitative estimate of drug-likeness (QED) is 0.341. The fraction of sp³-hybridized carbons (Fsp3) is 0.276. The SMILES string of the molecule is CC(C)Cc1ccc(C(C)C(=O)NC(=S)Nc2ccccc2C(=O)NC(C)c2ccccc2)cc1. The van der Waals surface area contributed by atoms with Crippen molar-refractivity contribution in [2.45, 2.75) is 46.1 Å². The van der Waals surface area contributed by atoms with Gasteiger partial charge in [0.15, 0.2) is 5.11 Å². The summed E-state index contributed by atoms with van der Waals surface area (Å²) in [7, 11) is 0. The zero-order chi connectivity index (χ0) is 25.4. The summed E-state index contributed by atoms with van der Waals surface area (Å²) < 4.78 is 0. The smallest absolute Gasteiger partial charge is 0.253 e. The van der Waals surface area contributed by atoms with E-state index in [1.54, 1.807) is 18.2 Å². The Morgan fingerprint density at radius 2 is 1.43 bits per heavy atom. The molecule has 6 heteroatoms. The summed E-state index contributed by atoms with van der Waals surface area (Å²) in [6, 6.07) is 24.8. The van der Waals surface area contributed by atoms with E-state index in [2.05, 4.69) is 41.9 Å². The highest BCUT2D eigenvalue weighted by Gasteiger charge is 2.19. The Kier molecular flexibility index (Phi) is 9.15. The van der Waals surface area contributed by atoms with Crippen LogP contribution in [0.2, 0.25) is 0 Å². The molecule has 3 aromatic rings. The average Bonchev–Trinajstić information content (AvgIpc) is 2.84. The number of hydrogen-bond donors (Lipinski definition) is 3. The standard InChI is InChI=1S/C29H33N3O2S/c1-19(2)18-22-14-16-23(17-15-22)20(3)27(33)32-29(35)31-26-13-9-8-12-25(26)28(34)30-21(4)24-10-6-5-7-11-24/h5-17,19-21H,18H2,1-4H3,(H,30,34)(H2,31,32,33,35). The van der Waals surface area contributed by atoms with E-state index in [-0.39, 0.29) is 28.9 Å². The highest BCUT2D eigenvalue weighted by atomic mass is 32.1. The number of para-hydroxylation sites is 1. The van der Waals surface area contributed by atoms with Crippen LogP contribution in [0.25, 0.3) is 0 Å². The second kappa shape index (κ2) is 12.3. The van der Waals surface area contributed by atoms with Crippen LogP contribution in [0.1, 0.15) is 66.7 Å². The predicted octanol–water partition coefficient (Wildman–Crippen LogP) is 5.99. The molecule has 3 rings (SSSR count). The lowest BCUT2D eigenvalue weighted by molar-refractivity contribution is -0.120. The second-order valence-electron chi connectivity index (χ2n) is 9.16. The van der Waals surface area contributed by atoms with Crippen LogP contribution in [-0.4, -0.2) is 16.9 Å². The minimum Gasteiger partial charge on any atom is -0.345 e. The van der Waals surface area contributed by atoms with Gasteiger partial charge < -0.3 is 16.0 Å². The first-order valence-electron chi connectivity index (χ1n) is 11.9. The molecule has 0 aliphatic heterocycles. The van der Waals surface area contributed by atoms with Crippen LogP contribution in [0.3, 0.4) is 0 Å². The minimum atomic E-state index is -0.367. The molecule has 3 aromatic carbocycles. The second-order valence-corrected chi connectivity index (χ2v) is 9.56. The number of benzene rings is 3. The predicted molar refractivity (Wildman–Crippen MR) is 147 cm³/mol. The molecule has 0 saturated carbocycles. The van der Waals surface area contributed by atoms with Crippen molar-refractivity contribution in [3.63, 3.8) is 0 Å². The molecular formula is C29H33N3O2S. The number of nitrogens with one attached hydrogen (secondary N) is 3. The number of anilines is 1. The van der Waals surface area contributed by atoms with Crippen molar-refractivity contribution in [1.29, 1.82) is 0 Å². The van der Waals surface area contributed by atoms with Crippen LogP contribution >= 0.6 is 12.2 Å². The third kappa shape index (κ3) is 7.49. The Labute approximate surface area is 213 Å². The van der Waals surface area contributed by atoms with E-state index in [1.807, 2.05) is 62.4 Å². The highest BCUT2D eigenvalue weighted by Crippen LogP contribution is 2.20. The maximum absolute atomic E-state index is 13.0. The summed E-state index contributed by atoms with van der Waals surface area (Å²) in [4.78, 5) is 25.8. The van der Waals surface area contributed by atoms with Gasteiger partial charge in [0.05, 0.1) is 23.2 Å². The molecule has 0 aliphatic rings. The fourth-order valence-corrected chi connectivity index (χ4v) is 4.04. The van der Waals surface area contributed by atoms with Crippen LogP contribution in [0, 0.1) is 5.92 Å². The maximum Gasteiger partial charge on any atom is 0.253 e. The third-order valence-electron chi connectivity index (χ3n) is 5.82.